The molecule has 0 spiro atoms. The predicted octanol–water partition coefficient (Wildman–Crippen LogP) is 11.8. The highest BCUT2D eigenvalue weighted by Crippen LogP contribution is 2.40. The Kier molecular flexibility index (Phi) is 8.38. The average molecular weight is 620 g/mol. The Morgan fingerprint density at radius 2 is 1.06 bits per heavy atom. The summed E-state index contributed by atoms with van der Waals surface area (Å²) in [5, 5.41) is 12.5. The van der Waals surface area contributed by atoms with Crippen molar-refractivity contribution in [2.24, 2.45) is 0 Å². The van der Waals surface area contributed by atoms with Crippen molar-refractivity contribution in [2.45, 2.75) is 85.9 Å². The van der Waals surface area contributed by atoms with Gasteiger partial charge in [-0.25, -0.2) is 0 Å². The van der Waals surface area contributed by atoms with E-state index in [-0.39, 0.29) is 17.0 Å². The van der Waals surface area contributed by atoms with Crippen molar-refractivity contribution in [3.63, 3.8) is 0 Å². The Morgan fingerprint density at radius 3 is 1.51 bits per heavy atom. The summed E-state index contributed by atoms with van der Waals surface area (Å²) in [6.45, 7) is 20.5. The summed E-state index contributed by atoms with van der Waals surface area (Å²) in [4.78, 5) is 2.16. The molecule has 1 unspecified atom stereocenters. The van der Waals surface area contributed by atoms with Gasteiger partial charge < -0.3 is 10.2 Å². The summed E-state index contributed by atoms with van der Waals surface area (Å²) >= 11 is 0. The van der Waals surface area contributed by atoms with Crippen molar-refractivity contribution in [1.82, 2.24) is 4.90 Å². The molecule has 3 nitrogen and oxygen atoms in total. The highest BCUT2D eigenvalue weighted by atomic mass is 15.3. The first-order chi connectivity index (χ1) is 22.2. The Morgan fingerprint density at radius 1 is 0.617 bits per heavy atom. The fraction of sp³-hybridized carbons (Fsp3) is 0.295. The van der Waals surface area contributed by atoms with Crippen LogP contribution < -0.4 is 5.32 Å². The van der Waals surface area contributed by atoms with Crippen molar-refractivity contribution in [3.05, 3.63) is 137 Å². The normalized spacial score (nSPS) is 14.7. The lowest BCUT2D eigenvalue weighted by molar-refractivity contribution is 0.372. The molecule has 0 radical (unpaired) electrons. The van der Waals surface area contributed by atoms with E-state index in [1.807, 2.05) is 6.92 Å². The fourth-order valence-electron chi connectivity index (χ4n) is 6.72. The maximum absolute atomic E-state index is 8.63. The quantitative estimate of drug-likeness (QED) is 0.152. The lowest BCUT2D eigenvalue weighted by Crippen LogP contribution is -2.31. The number of hydrogen-bond donors (Lipinski definition) is 2. The van der Waals surface area contributed by atoms with E-state index in [0.29, 0.717) is 5.84 Å². The number of anilines is 1. The zero-order valence-corrected chi connectivity index (χ0v) is 29.5. The van der Waals surface area contributed by atoms with Crippen molar-refractivity contribution in [3.8, 4) is 33.4 Å². The number of benzene rings is 5. The zero-order valence-electron chi connectivity index (χ0n) is 29.5. The van der Waals surface area contributed by atoms with Gasteiger partial charge in [0.2, 0.25) is 0 Å². The third-order valence-electron chi connectivity index (χ3n) is 9.72. The molecule has 1 aliphatic rings. The van der Waals surface area contributed by atoms with Crippen LogP contribution in [-0.4, -0.2) is 10.7 Å². The van der Waals surface area contributed by atoms with Crippen molar-refractivity contribution in [1.29, 1.82) is 5.41 Å². The second kappa shape index (κ2) is 12.2. The number of fused-ring (bicyclic) bond motifs is 1. The Hall–Kier alpha value is -4.63. The standard InChI is InChI=1S/C44H49N3/c1-28-11-10-12-29(2)41(28)46-42-40-26-33(13-14-34(40)27-47(42)30(3)45)37-24-35(31-15-19-38(20-16-31)43(4,5)6)23-36(25-37)32-17-21-39(22-18-32)44(7,8)9/h10-26,42,45-46H,27H2,1-9H3. The van der Waals surface area contributed by atoms with Crippen molar-refractivity contribution in [2.75, 3.05) is 5.32 Å². The summed E-state index contributed by atoms with van der Waals surface area (Å²) in [6, 6.07) is 38.4. The molecular formula is C44H49N3. The molecule has 2 N–H and O–H groups in total. The SMILES string of the molecule is CC(=N)N1Cc2ccc(-c3cc(-c4ccc(C(C)(C)C)cc4)cc(-c4ccc(C(C)(C)C)cc4)c3)cc2C1Nc1c(C)cccc1C. The molecule has 0 saturated carbocycles. The topological polar surface area (TPSA) is 39.1 Å². The third-order valence-corrected chi connectivity index (χ3v) is 9.72. The van der Waals surface area contributed by atoms with E-state index in [9.17, 15) is 0 Å². The lowest BCUT2D eigenvalue weighted by Gasteiger charge is -2.29. The number of amidine groups is 1. The van der Waals surface area contributed by atoms with Gasteiger partial charge in [-0.05, 0) is 117 Å². The van der Waals surface area contributed by atoms with Crippen molar-refractivity contribution < 1.29 is 0 Å². The Labute approximate surface area is 282 Å². The molecule has 0 saturated heterocycles. The van der Waals surface area contributed by atoms with Gasteiger partial charge in [0.05, 0.1) is 5.84 Å². The van der Waals surface area contributed by atoms with E-state index >= 15 is 0 Å². The molecule has 47 heavy (non-hydrogen) atoms. The van der Waals surface area contributed by atoms with Crippen LogP contribution in [0.4, 0.5) is 5.69 Å². The van der Waals surface area contributed by atoms with Crippen LogP contribution >= 0.6 is 0 Å². The van der Waals surface area contributed by atoms with Gasteiger partial charge in [0.1, 0.15) is 6.17 Å². The van der Waals surface area contributed by atoms with Crippen LogP contribution in [0.1, 0.15) is 88.0 Å². The summed E-state index contributed by atoms with van der Waals surface area (Å²) in [6.07, 6.45) is -0.111. The van der Waals surface area contributed by atoms with Gasteiger partial charge in [-0.1, -0.05) is 120 Å². The zero-order chi connectivity index (χ0) is 33.7. The first-order valence-electron chi connectivity index (χ1n) is 16.8. The average Bonchev–Trinajstić information content (AvgIpc) is 3.40. The number of aryl methyl sites for hydroxylation is 2. The van der Waals surface area contributed by atoms with Crippen LogP contribution in [0, 0.1) is 19.3 Å². The van der Waals surface area contributed by atoms with Crippen LogP contribution in [-0.2, 0) is 17.4 Å². The van der Waals surface area contributed by atoms with Gasteiger partial charge >= 0.3 is 0 Å². The van der Waals surface area contributed by atoms with Gasteiger partial charge in [-0.2, -0.15) is 0 Å². The first-order valence-corrected chi connectivity index (χ1v) is 16.8. The summed E-state index contributed by atoms with van der Waals surface area (Å²) in [7, 11) is 0. The highest BCUT2D eigenvalue weighted by molar-refractivity contribution is 5.83. The fourth-order valence-corrected chi connectivity index (χ4v) is 6.72. The molecule has 6 rings (SSSR count). The molecule has 5 aromatic rings. The van der Waals surface area contributed by atoms with E-state index in [0.717, 1.165) is 12.2 Å². The van der Waals surface area contributed by atoms with E-state index in [2.05, 4.69) is 169 Å². The smallest absolute Gasteiger partial charge is 0.127 e. The van der Waals surface area contributed by atoms with Crippen LogP contribution in [0.15, 0.2) is 103 Å². The number of hydrogen-bond acceptors (Lipinski definition) is 2. The summed E-state index contributed by atoms with van der Waals surface area (Å²) in [5.41, 5.74) is 16.2. The van der Waals surface area contributed by atoms with Gasteiger partial charge in [-0.3, -0.25) is 5.41 Å². The molecular weight excluding hydrogens is 571 g/mol. The lowest BCUT2D eigenvalue weighted by atomic mass is 9.85. The maximum Gasteiger partial charge on any atom is 0.127 e. The van der Waals surface area contributed by atoms with E-state index in [4.69, 9.17) is 5.41 Å². The summed E-state index contributed by atoms with van der Waals surface area (Å²) < 4.78 is 0. The number of para-hydroxylation sites is 1. The van der Waals surface area contributed by atoms with Crippen molar-refractivity contribution >= 4 is 11.5 Å². The second-order valence-corrected chi connectivity index (χ2v) is 15.4. The second-order valence-electron chi connectivity index (χ2n) is 15.4. The molecule has 240 valence electrons. The minimum absolute atomic E-state index is 0.106. The molecule has 3 heteroatoms. The Balaban J connectivity index is 1.47. The minimum Gasteiger partial charge on any atom is -0.361 e. The Bertz CT molecular complexity index is 1840. The molecule has 0 amide bonds. The largest absolute Gasteiger partial charge is 0.361 e. The van der Waals surface area contributed by atoms with E-state index in [1.54, 1.807) is 0 Å². The van der Waals surface area contributed by atoms with Crippen LogP contribution in [0.25, 0.3) is 33.4 Å². The molecule has 0 aromatic heterocycles. The molecule has 0 bridgehead atoms. The molecule has 0 aliphatic carbocycles. The van der Waals surface area contributed by atoms with Gasteiger partial charge in [-0.15, -0.1) is 0 Å². The van der Waals surface area contributed by atoms with Gasteiger partial charge in [0.15, 0.2) is 0 Å². The molecule has 0 fully saturated rings. The molecule has 1 heterocycles. The number of nitrogens with one attached hydrogen (secondary N) is 2. The summed E-state index contributed by atoms with van der Waals surface area (Å²) in [5.74, 6) is 0.563. The molecule has 1 aliphatic heterocycles. The molecule has 1 atom stereocenters. The third kappa shape index (κ3) is 6.63. The monoisotopic (exact) mass is 619 g/mol. The predicted molar refractivity (Wildman–Crippen MR) is 201 cm³/mol. The van der Waals surface area contributed by atoms with E-state index < -0.39 is 0 Å². The number of rotatable bonds is 5. The minimum atomic E-state index is -0.111. The van der Waals surface area contributed by atoms with Crippen LogP contribution in [0.3, 0.4) is 0 Å². The van der Waals surface area contributed by atoms with Crippen LogP contribution in [0.5, 0.6) is 0 Å². The van der Waals surface area contributed by atoms with Gasteiger partial charge in [0, 0.05) is 17.8 Å². The number of nitrogens with zero attached hydrogens (tertiary/aromatic N) is 1. The highest BCUT2D eigenvalue weighted by Gasteiger charge is 2.31. The molecule has 5 aromatic carbocycles. The maximum atomic E-state index is 8.63. The van der Waals surface area contributed by atoms with E-state index in [1.165, 1.54) is 66.8 Å². The first kappa shape index (κ1) is 32.3. The van der Waals surface area contributed by atoms with Crippen LogP contribution in [0.2, 0.25) is 0 Å². The van der Waals surface area contributed by atoms with Gasteiger partial charge in [0.25, 0.3) is 0 Å².